The van der Waals surface area contributed by atoms with Gasteiger partial charge in [-0.15, -0.1) is 0 Å². The third-order valence-corrected chi connectivity index (χ3v) is 8.57. The molecule has 2 N–H and O–H groups in total. The van der Waals surface area contributed by atoms with E-state index in [4.69, 9.17) is 9.72 Å². The molecule has 1 aromatic carbocycles. The summed E-state index contributed by atoms with van der Waals surface area (Å²) < 4.78 is 6.36. The van der Waals surface area contributed by atoms with Crippen LogP contribution in [-0.2, 0) is 18.3 Å². The highest BCUT2D eigenvalue weighted by atomic mass is 16.5. The van der Waals surface area contributed by atoms with Gasteiger partial charge in [-0.05, 0) is 138 Å². The predicted molar refractivity (Wildman–Crippen MR) is 176 cm³/mol. The molecule has 2 aromatic rings. The average molecular weight is 564 g/mol. The zero-order valence-electron chi connectivity index (χ0n) is 28.3. The first-order valence-electron chi connectivity index (χ1n) is 16.1. The van der Waals surface area contributed by atoms with Gasteiger partial charge < -0.3 is 15.4 Å². The van der Waals surface area contributed by atoms with Crippen LogP contribution in [0.1, 0.15) is 125 Å². The number of rotatable bonds is 14. The van der Waals surface area contributed by atoms with E-state index in [2.05, 4.69) is 123 Å². The van der Waals surface area contributed by atoms with Crippen molar-refractivity contribution in [1.29, 1.82) is 0 Å². The summed E-state index contributed by atoms with van der Waals surface area (Å²) in [5.41, 5.74) is 4.68. The molecule has 41 heavy (non-hydrogen) atoms. The van der Waals surface area contributed by atoms with Crippen molar-refractivity contribution in [2.75, 3.05) is 6.54 Å². The molecule has 4 nitrogen and oxygen atoms in total. The molecule has 1 aliphatic rings. The van der Waals surface area contributed by atoms with Crippen LogP contribution in [0.5, 0.6) is 5.75 Å². The second-order valence-corrected chi connectivity index (χ2v) is 16.5. The first kappa shape index (κ1) is 33.6. The van der Waals surface area contributed by atoms with Crippen LogP contribution in [-0.4, -0.2) is 34.8 Å². The Balaban J connectivity index is 1.45. The maximum absolute atomic E-state index is 6.36. The highest BCUT2D eigenvalue weighted by Gasteiger charge is 2.35. The van der Waals surface area contributed by atoms with Crippen molar-refractivity contribution in [3.05, 3.63) is 59.4 Å². The smallest absolute Gasteiger partial charge is 0.119 e. The van der Waals surface area contributed by atoms with E-state index in [0.717, 1.165) is 50.8 Å². The maximum Gasteiger partial charge on any atom is 0.119 e. The average Bonchev–Trinajstić information content (AvgIpc) is 2.83. The van der Waals surface area contributed by atoms with Crippen molar-refractivity contribution >= 4 is 0 Å². The molecule has 1 saturated carbocycles. The van der Waals surface area contributed by atoms with Crippen LogP contribution < -0.4 is 15.4 Å². The Kier molecular flexibility index (Phi) is 11.1. The second kappa shape index (κ2) is 13.6. The molecule has 1 fully saturated rings. The quantitative estimate of drug-likeness (QED) is 0.241. The molecule has 1 aliphatic carbocycles. The van der Waals surface area contributed by atoms with E-state index in [1.807, 2.05) is 6.20 Å². The van der Waals surface area contributed by atoms with Crippen molar-refractivity contribution in [2.24, 2.45) is 11.3 Å². The molecule has 3 rings (SSSR count). The van der Waals surface area contributed by atoms with E-state index in [-0.39, 0.29) is 16.5 Å². The predicted octanol–water partition coefficient (Wildman–Crippen LogP) is 8.66. The minimum absolute atomic E-state index is 0.0861. The molecule has 1 atom stereocenters. The summed E-state index contributed by atoms with van der Waals surface area (Å²) in [6, 6.07) is 13.8. The Morgan fingerprint density at radius 1 is 0.902 bits per heavy atom. The van der Waals surface area contributed by atoms with Crippen molar-refractivity contribution in [2.45, 2.75) is 150 Å². The molecule has 0 radical (unpaired) electrons. The molecule has 0 aliphatic heterocycles. The third kappa shape index (κ3) is 12.1. The zero-order chi connectivity index (χ0) is 30.5. The minimum atomic E-state index is 0.0861. The molecule has 0 unspecified atom stereocenters. The minimum Gasteiger partial charge on any atom is -0.490 e. The van der Waals surface area contributed by atoms with Crippen molar-refractivity contribution in [1.82, 2.24) is 15.6 Å². The van der Waals surface area contributed by atoms with Gasteiger partial charge in [0.15, 0.2) is 0 Å². The lowest BCUT2D eigenvalue weighted by atomic mass is 9.77. The number of nitrogens with zero attached hydrogens (tertiary/aromatic N) is 1. The molecule has 4 heteroatoms. The van der Waals surface area contributed by atoms with Crippen LogP contribution in [0.2, 0.25) is 0 Å². The fourth-order valence-electron chi connectivity index (χ4n) is 5.58. The zero-order valence-corrected chi connectivity index (χ0v) is 28.3. The van der Waals surface area contributed by atoms with Gasteiger partial charge in [0.2, 0.25) is 0 Å². The van der Waals surface area contributed by atoms with Crippen molar-refractivity contribution in [3.63, 3.8) is 0 Å². The van der Waals surface area contributed by atoms with Crippen LogP contribution >= 0.6 is 0 Å². The molecule has 0 saturated heterocycles. The van der Waals surface area contributed by atoms with E-state index < -0.39 is 0 Å². The number of aryl methyl sites for hydroxylation is 1. The highest BCUT2D eigenvalue weighted by Crippen LogP contribution is 2.34. The van der Waals surface area contributed by atoms with Gasteiger partial charge in [0.1, 0.15) is 11.9 Å². The van der Waals surface area contributed by atoms with Crippen molar-refractivity contribution in [3.8, 4) is 5.75 Å². The Morgan fingerprint density at radius 2 is 1.61 bits per heavy atom. The lowest BCUT2D eigenvalue weighted by Crippen LogP contribution is -2.54. The molecular weight excluding hydrogens is 502 g/mol. The largest absolute Gasteiger partial charge is 0.490 e. The monoisotopic (exact) mass is 563 g/mol. The summed E-state index contributed by atoms with van der Waals surface area (Å²) in [6.45, 7) is 26.4. The normalized spacial score (nSPS) is 19.1. The van der Waals surface area contributed by atoms with Crippen LogP contribution in [0.15, 0.2) is 42.6 Å². The van der Waals surface area contributed by atoms with Gasteiger partial charge in [-0.2, -0.15) is 0 Å². The number of aromatic nitrogens is 1. The Morgan fingerprint density at radius 3 is 2.27 bits per heavy atom. The standard InChI is InChI=1S/C37H61N3O/c1-27(26-39-35(5,6)7)21-30-23-29(16-20-38-30)36(8,9)18-19-37(10,11)40-31-24-33(25-31)41-32-14-12-13-28(22-32)15-17-34(2,3)4/h12-14,16,20,22-23,27,31,33,39-40H,15,17-19,21,24-26H2,1-11H3/t27-,31?,33?/m0/s1. The van der Waals surface area contributed by atoms with Gasteiger partial charge in [0, 0.05) is 29.0 Å². The topological polar surface area (TPSA) is 46.2 Å². The van der Waals surface area contributed by atoms with Gasteiger partial charge in [-0.3, -0.25) is 4.98 Å². The fourth-order valence-corrected chi connectivity index (χ4v) is 5.58. The third-order valence-electron chi connectivity index (χ3n) is 8.57. The van der Waals surface area contributed by atoms with Crippen LogP contribution in [0.3, 0.4) is 0 Å². The fraction of sp³-hybridized carbons (Fsp3) is 0.703. The molecule has 0 amide bonds. The van der Waals surface area contributed by atoms with Crippen LogP contribution in [0, 0.1) is 11.3 Å². The van der Waals surface area contributed by atoms with Gasteiger partial charge in [0.25, 0.3) is 0 Å². The number of nitrogens with one attached hydrogen (secondary N) is 2. The summed E-state index contributed by atoms with van der Waals surface area (Å²) in [7, 11) is 0. The van der Waals surface area contributed by atoms with Gasteiger partial charge in [0.05, 0.1) is 0 Å². The summed E-state index contributed by atoms with van der Waals surface area (Å²) >= 11 is 0. The Hall–Kier alpha value is -1.91. The SMILES string of the molecule is C[C@H](CNC(C)(C)C)Cc1cc(C(C)(C)CCC(C)(C)NC2CC(Oc3cccc(CCC(C)(C)C)c3)C2)ccn1. The lowest BCUT2D eigenvalue weighted by molar-refractivity contribution is 0.0690. The molecule has 230 valence electrons. The van der Waals surface area contributed by atoms with E-state index in [1.165, 1.54) is 23.2 Å². The summed E-state index contributed by atoms with van der Waals surface area (Å²) in [5, 5.41) is 7.58. The van der Waals surface area contributed by atoms with E-state index in [0.29, 0.717) is 23.5 Å². The first-order valence-corrected chi connectivity index (χ1v) is 16.1. The van der Waals surface area contributed by atoms with E-state index in [1.54, 1.807) is 0 Å². The number of benzene rings is 1. The van der Waals surface area contributed by atoms with Gasteiger partial charge in [-0.25, -0.2) is 0 Å². The molecule has 0 bridgehead atoms. The summed E-state index contributed by atoms with van der Waals surface area (Å²) in [4.78, 5) is 4.71. The van der Waals surface area contributed by atoms with E-state index >= 15 is 0 Å². The summed E-state index contributed by atoms with van der Waals surface area (Å²) in [6.07, 6.45) is 10.0. The molecule has 1 heterocycles. The molecule has 0 spiro atoms. The highest BCUT2D eigenvalue weighted by molar-refractivity contribution is 5.29. The van der Waals surface area contributed by atoms with Crippen LogP contribution in [0.25, 0.3) is 0 Å². The maximum atomic E-state index is 6.36. The first-order chi connectivity index (χ1) is 18.9. The second-order valence-electron chi connectivity index (χ2n) is 16.5. The number of pyridine rings is 1. The molecular formula is C37H61N3O. The van der Waals surface area contributed by atoms with Gasteiger partial charge >= 0.3 is 0 Å². The number of ether oxygens (including phenoxy) is 1. The Labute approximate surface area is 252 Å². The number of hydrogen-bond acceptors (Lipinski definition) is 4. The van der Waals surface area contributed by atoms with Crippen molar-refractivity contribution < 1.29 is 4.74 Å². The van der Waals surface area contributed by atoms with E-state index in [9.17, 15) is 0 Å². The lowest BCUT2D eigenvalue weighted by Gasteiger charge is -2.42. The van der Waals surface area contributed by atoms with Gasteiger partial charge in [-0.1, -0.05) is 53.7 Å². The Bertz CT molecular complexity index is 1090. The summed E-state index contributed by atoms with van der Waals surface area (Å²) in [5.74, 6) is 1.58. The van der Waals surface area contributed by atoms with Crippen LogP contribution in [0.4, 0.5) is 0 Å². The number of hydrogen-bond donors (Lipinski definition) is 2. The molecule has 1 aromatic heterocycles.